The summed E-state index contributed by atoms with van der Waals surface area (Å²) in [6.07, 6.45) is 0. The second-order valence-electron chi connectivity index (χ2n) is 2.09. The molecule has 4 N–H and O–H groups in total. The van der Waals surface area contributed by atoms with Gasteiger partial charge in [0, 0.05) is 0 Å². The Kier molecular flexibility index (Phi) is 1.19. The molecular weight excluding hydrogens is 166 g/mol. The Bertz CT molecular complexity index is 395. The van der Waals surface area contributed by atoms with Crippen molar-refractivity contribution in [2.24, 2.45) is 0 Å². The Labute approximate surface area is 66.6 Å². The van der Waals surface area contributed by atoms with Crippen LogP contribution in [0.25, 0.3) is 11.0 Å². The van der Waals surface area contributed by atoms with Crippen LogP contribution in [-0.4, -0.2) is 15.3 Å². The molecule has 2 heterocycles. The van der Waals surface area contributed by atoms with E-state index in [1.807, 2.05) is 0 Å². The van der Waals surface area contributed by atoms with Crippen molar-refractivity contribution in [2.75, 3.05) is 5.73 Å². The maximum absolute atomic E-state index is 5.61. The number of fused-ring (bicyclic) bond motifs is 1. The number of hydrogen-bond acceptors (Lipinski definition) is 3. The summed E-state index contributed by atoms with van der Waals surface area (Å²) in [5.74, 6) is 0.417. The van der Waals surface area contributed by atoms with Crippen LogP contribution < -0.4 is 10.8 Å². The van der Waals surface area contributed by atoms with Gasteiger partial charge in [0.25, 0.3) is 0 Å². The fourth-order valence-electron chi connectivity index (χ4n) is 0.857. The second kappa shape index (κ2) is 2.06. The summed E-state index contributed by atoms with van der Waals surface area (Å²) in [6, 6.07) is 1.65. The maximum atomic E-state index is 5.61. The largest absolute Gasteiger partial charge is 0.380 e. The van der Waals surface area contributed by atoms with Gasteiger partial charge in [0.1, 0.15) is 5.39 Å². The first-order valence-electron chi connectivity index (χ1n) is 2.95. The molecule has 2 aromatic rings. The fraction of sp³-hybridized carbons (Fsp3) is 0. The standard InChI is InChI=1S/C5H4ClN5/c6-3-1-2-4(7)9-11-5(2)10-8-3/h1H,(H3,7,9,10,11)/p+1. The lowest BCUT2D eigenvalue weighted by Gasteiger charge is -1.83. The predicted octanol–water partition coefficient (Wildman–Crippen LogP) is 0.00760. The lowest BCUT2D eigenvalue weighted by atomic mass is 10.4. The molecule has 0 aliphatic carbocycles. The number of nitrogens with two attached hydrogens (primary N) is 1. The normalized spacial score (nSPS) is 10.6. The highest BCUT2D eigenvalue weighted by Gasteiger charge is 2.09. The molecule has 0 aliphatic heterocycles. The molecule has 0 unspecified atom stereocenters. The Balaban J connectivity index is 2.87. The molecule has 0 aliphatic rings. The zero-order valence-electron chi connectivity index (χ0n) is 5.43. The molecule has 6 heteroatoms. The van der Waals surface area contributed by atoms with Crippen LogP contribution in [0.4, 0.5) is 5.82 Å². The average molecular weight is 171 g/mol. The van der Waals surface area contributed by atoms with Crippen molar-refractivity contribution in [1.29, 1.82) is 0 Å². The summed E-state index contributed by atoms with van der Waals surface area (Å²) in [7, 11) is 0. The molecule has 0 saturated carbocycles. The third-order valence-corrected chi connectivity index (χ3v) is 1.57. The van der Waals surface area contributed by atoms with Gasteiger partial charge in [0.2, 0.25) is 0 Å². The van der Waals surface area contributed by atoms with Gasteiger partial charge in [0.15, 0.2) is 11.0 Å². The zero-order chi connectivity index (χ0) is 7.84. The third-order valence-electron chi connectivity index (χ3n) is 1.37. The van der Waals surface area contributed by atoms with Crippen molar-refractivity contribution in [3.8, 4) is 0 Å². The summed E-state index contributed by atoms with van der Waals surface area (Å²) in [6.45, 7) is 0. The Morgan fingerprint density at radius 3 is 3.27 bits per heavy atom. The van der Waals surface area contributed by atoms with Crippen LogP contribution in [0.15, 0.2) is 6.07 Å². The maximum Gasteiger partial charge on any atom is 0.329 e. The van der Waals surface area contributed by atoms with Gasteiger partial charge >= 0.3 is 5.65 Å². The molecule has 0 radical (unpaired) electrons. The van der Waals surface area contributed by atoms with E-state index >= 15 is 0 Å². The van der Waals surface area contributed by atoms with E-state index in [1.54, 1.807) is 6.07 Å². The van der Waals surface area contributed by atoms with Crippen molar-refractivity contribution >= 4 is 28.5 Å². The van der Waals surface area contributed by atoms with Gasteiger partial charge in [0.05, 0.1) is 0 Å². The molecular formula is C5H5ClN5+. The van der Waals surface area contributed by atoms with E-state index < -0.39 is 0 Å². The molecule has 0 saturated heterocycles. The molecule has 11 heavy (non-hydrogen) atoms. The number of aromatic nitrogens is 4. The van der Waals surface area contributed by atoms with E-state index in [0.29, 0.717) is 16.6 Å². The minimum atomic E-state index is 0.366. The first kappa shape index (κ1) is 6.36. The SMILES string of the molecule is Nc1n[nH]c2[nH+]nc(Cl)cc12. The number of H-pyrrole nitrogens is 2. The number of nitrogen functional groups attached to an aromatic ring is 1. The van der Waals surface area contributed by atoms with Crippen LogP contribution in [0.3, 0.4) is 0 Å². The highest BCUT2D eigenvalue weighted by atomic mass is 35.5. The van der Waals surface area contributed by atoms with Crippen molar-refractivity contribution < 1.29 is 5.10 Å². The molecule has 0 bridgehead atoms. The van der Waals surface area contributed by atoms with Crippen LogP contribution in [0.5, 0.6) is 0 Å². The van der Waals surface area contributed by atoms with Gasteiger partial charge in [-0.15, -0.1) is 10.2 Å². The lowest BCUT2D eigenvalue weighted by molar-refractivity contribution is -0.427. The quantitative estimate of drug-likeness (QED) is 0.584. The van der Waals surface area contributed by atoms with Gasteiger partial charge in [-0.2, -0.15) is 0 Å². The third kappa shape index (κ3) is 0.894. The lowest BCUT2D eigenvalue weighted by Crippen LogP contribution is -2.08. The molecule has 2 rings (SSSR count). The smallest absolute Gasteiger partial charge is 0.329 e. The van der Waals surface area contributed by atoms with E-state index in [1.165, 1.54) is 0 Å². The summed E-state index contributed by atoms with van der Waals surface area (Å²) in [5, 5.41) is 13.9. The van der Waals surface area contributed by atoms with Gasteiger partial charge in [-0.05, 0) is 6.07 Å². The monoisotopic (exact) mass is 170 g/mol. The molecule has 0 atom stereocenters. The molecule has 0 spiro atoms. The molecule has 2 aromatic heterocycles. The van der Waals surface area contributed by atoms with Gasteiger partial charge in [-0.25, -0.2) is 0 Å². The van der Waals surface area contributed by atoms with E-state index in [0.717, 1.165) is 5.39 Å². The van der Waals surface area contributed by atoms with Crippen molar-refractivity contribution in [1.82, 2.24) is 15.3 Å². The first-order valence-corrected chi connectivity index (χ1v) is 3.33. The Morgan fingerprint density at radius 2 is 2.45 bits per heavy atom. The van der Waals surface area contributed by atoms with Crippen LogP contribution in [0.1, 0.15) is 0 Å². The van der Waals surface area contributed by atoms with Crippen LogP contribution >= 0.6 is 11.6 Å². The molecule has 5 nitrogen and oxygen atoms in total. The molecule has 0 fully saturated rings. The summed E-state index contributed by atoms with van der Waals surface area (Å²) < 4.78 is 0. The summed E-state index contributed by atoms with van der Waals surface area (Å²) in [5.41, 5.74) is 6.17. The minimum Gasteiger partial charge on any atom is -0.380 e. The van der Waals surface area contributed by atoms with E-state index in [4.69, 9.17) is 17.3 Å². The van der Waals surface area contributed by atoms with E-state index in [2.05, 4.69) is 20.4 Å². The van der Waals surface area contributed by atoms with E-state index in [-0.39, 0.29) is 0 Å². The van der Waals surface area contributed by atoms with Crippen LogP contribution in [-0.2, 0) is 0 Å². The van der Waals surface area contributed by atoms with Crippen LogP contribution in [0, 0.1) is 0 Å². The van der Waals surface area contributed by atoms with Crippen LogP contribution in [0.2, 0.25) is 5.15 Å². The molecule has 0 amide bonds. The summed E-state index contributed by atoms with van der Waals surface area (Å²) >= 11 is 5.61. The number of nitrogens with zero attached hydrogens (tertiary/aromatic N) is 2. The fourth-order valence-corrected chi connectivity index (χ4v) is 1.01. The summed E-state index contributed by atoms with van der Waals surface area (Å²) in [4.78, 5) is 0. The average Bonchev–Trinajstić information content (AvgIpc) is 2.33. The number of anilines is 1. The van der Waals surface area contributed by atoms with Crippen molar-refractivity contribution in [3.63, 3.8) is 0 Å². The highest BCUT2D eigenvalue weighted by Crippen LogP contribution is 2.14. The van der Waals surface area contributed by atoms with Gasteiger partial charge < -0.3 is 5.73 Å². The highest BCUT2D eigenvalue weighted by molar-refractivity contribution is 6.29. The van der Waals surface area contributed by atoms with E-state index in [9.17, 15) is 0 Å². The number of rotatable bonds is 0. The number of nitrogens with one attached hydrogen (secondary N) is 2. The van der Waals surface area contributed by atoms with Gasteiger partial charge in [-0.3, -0.25) is 0 Å². The Hall–Kier alpha value is -1.36. The zero-order valence-corrected chi connectivity index (χ0v) is 6.18. The first-order chi connectivity index (χ1) is 5.27. The molecule has 0 aromatic carbocycles. The topological polar surface area (TPSA) is 81.7 Å². The number of hydrogen-bond donors (Lipinski definition) is 2. The van der Waals surface area contributed by atoms with Crippen molar-refractivity contribution in [3.05, 3.63) is 11.2 Å². The predicted molar refractivity (Wildman–Crippen MR) is 39.9 cm³/mol. The minimum absolute atomic E-state index is 0.366. The van der Waals surface area contributed by atoms with Gasteiger partial charge in [-0.1, -0.05) is 21.8 Å². The van der Waals surface area contributed by atoms with Crippen molar-refractivity contribution in [2.45, 2.75) is 0 Å². The Morgan fingerprint density at radius 1 is 1.64 bits per heavy atom. The number of halogens is 1. The number of aromatic amines is 2. The second-order valence-corrected chi connectivity index (χ2v) is 2.48. The molecule has 56 valence electrons.